The van der Waals surface area contributed by atoms with E-state index in [0.29, 0.717) is 18.6 Å². The molecule has 1 aromatic rings. The molecule has 2 atom stereocenters. The molecule has 0 spiro atoms. The molecule has 0 aliphatic carbocycles. The number of rotatable bonds is 3. The van der Waals surface area contributed by atoms with Crippen LogP contribution in [0.2, 0.25) is 0 Å². The first-order chi connectivity index (χ1) is 7.29. The van der Waals surface area contributed by atoms with Crippen molar-refractivity contribution in [1.82, 2.24) is 9.88 Å². The number of likely N-dealkylation sites (tertiary alicyclic amines) is 1. The van der Waals surface area contributed by atoms with E-state index in [9.17, 15) is 5.11 Å². The molecule has 1 aliphatic rings. The van der Waals surface area contributed by atoms with E-state index in [1.54, 1.807) is 11.3 Å². The molecule has 1 aromatic heterocycles. The molecule has 15 heavy (non-hydrogen) atoms. The first-order valence-electron chi connectivity index (χ1n) is 5.53. The van der Waals surface area contributed by atoms with Crippen molar-refractivity contribution in [2.45, 2.75) is 32.4 Å². The largest absolute Gasteiger partial charge is 0.396 e. The Bertz CT molecular complexity index is 289. The fourth-order valence-electron chi connectivity index (χ4n) is 2.14. The number of aromatic nitrogens is 1. The normalized spacial score (nSPS) is 28.1. The van der Waals surface area contributed by atoms with Gasteiger partial charge in [0.25, 0.3) is 0 Å². The highest BCUT2D eigenvalue weighted by molar-refractivity contribution is 7.09. The molecule has 3 nitrogen and oxygen atoms in total. The molecule has 0 bridgehead atoms. The van der Waals surface area contributed by atoms with Crippen LogP contribution in [0.5, 0.6) is 0 Å². The van der Waals surface area contributed by atoms with Gasteiger partial charge in [-0.05, 0) is 25.7 Å². The second-order valence-electron chi connectivity index (χ2n) is 4.33. The Kier molecular flexibility index (Phi) is 3.72. The van der Waals surface area contributed by atoms with E-state index >= 15 is 0 Å². The predicted octanol–water partition coefficient (Wildman–Crippen LogP) is 1.74. The van der Waals surface area contributed by atoms with E-state index in [1.165, 1.54) is 11.4 Å². The van der Waals surface area contributed by atoms with Crippen LogP contribution in [0.3, 0.4) is 0 Å². The third-order valence-corrected chi connectivity index (χ3v) is 3.95. The molecule has 2 rings (SSSR count). The number of piperidine rings is 1. The average molecular weight is 226 g/mol. The van der Waals surface area contributed by atoms with E-state index in [-0.39, 0.29) is 0 Å². The van der Waals surface area contributed by atoms with Crippen molar-refractivity contribution >= 4 is 11.3 Å². The van der Waals surface area contributed by atoms with Crippen LogP contribution in [0, 0.1) is 5.92 Å². The Balaban J connectivity index is 1.94. The number of hydrogen-bond donors (Lipinski definition) is 1. The van der Waals surface area contributed by atoms with E-state index in [2.05, 4.69) is 16.8 Å². The van der Waals surface area contributed by atoms with Crippen molar-refractivity contribution in [3.8, 4) is 0 Å². The van der Waals surface area contributed by atoms with Crippen molar-refractivity contribution in [1.29, 1.82) is 0 Å². The molecule has 84 valence electrons. The molecule has 0 saturated carbocycles. The van der Waals surface area contributed by atoms with Gasteiger partial charge in [-0.25, -0.2) is 4.98 Å². The minimum atomic E-state index is 0.321. The molecule has 0 radical (unpaired) electrons. The van der Waals surface area contributed by atoms with Crippen molar-refractivity contribution in [2.24, 2.45) is 5.92 Å². The van der Waals surface area contributed by atoms with E-state index in [1.807, 2.05) is 11.6 Å². The van der Waals surface area contributed by atoms with Gasteiger partial charge in [-0.1, -0.05) is 0 Å². The average Bonchev–Trinajstić information content (AvgIpc) is 2.74. The van der Waals surface area contributed by atoms with Gasteiger partial charge in [0.1, 0.15) is 5.01 Å². The van der Waals surface area contributed by atoms with Gasteiger partial charge in [0.05, 0.1) is 6.54 Å². The van der Waals surface area contributed by atoms with Crippen LogP contribution >= 0.6 is 11.3 Å². The Morgan fingerprint density at radius 2 is 2.47 bits per heavy atom. The maximum absolute atomic E-state index is 9.18. The van der Waals surface area contributed by atoms with Gasteiger partial charge >= 0.3 is 0 Å². The first kappa shape index (κ1) is 11.0. The van der Waals surface area contributed by atoms with Gasteiger partial charge < -0.3 is 5.11 Å². The maximum Gasteiger partial charge on any atom is 0.107 e. The Labute approximate surface area is 94.8 Å². The van der Waals surface area contributed by atoms with E-state index in [0.717, 1.165) is 19.5 Å². The van der Waals surface area contributed by atoms with Gasteiger partial charge in [-0.15, -0.1) is 11.3 Å². The molecular formula is C11H18N2OS. The fraction of sp³-hybridized carbons (Fsp3) is 0.727. The minimum Gasteiger partial charge on any atom is -0.396 e. The number of thiazole rings is 1. The van der Waals surface area contributed by atoms with Crippen LogP contribution in [0.15, 0.2) is 11.6 Å². The highest BCUT2D eigenvalue weighted by Gasteiger charge is 2.25. The van der Waals surface area contributed by atoms with Gasteiger partial charge in [0, 0.05) is 30.8 Å². The highest BCUT2D eigenvalue weighted by Crippen LogP contribution is 2.23. The summed E-state index contributed by atoms with van der Waals surface area (Å²) in [4.78, 5) is 6.74. The summed E-state index contributed by atoms with van der Waals surface area (Å²) in [5, 5.41) is 12.4. The van der Waals surface area contributed by atoms with Crippen LogP contribution in [0.25, 0.3) is 0 Å². The van der Waals surface area contributed by atoms with Crippen LogP contribution < -0.4 is 0 Å². The van der Waals surface area contributed by atoms with Crippen molar-refractivity contribution in [2.75, 3.05) is 13.2 Å². The van der Waals surface area contributed by atoms with Crippen molar-refractivity contribution in [3.05, 3.63) is 16.6 Å². The van der Waals surface area contributed by atoms with Gasteiger partial charge in [-0.2, -0.15) is 0 Å². The highest BCUT2D eigenvalue weighted by atomic mass is 32.1. The van der Waals surface area contributed by atoms with E-state index in [4.69, 9.17) is 0 Å². The summed E-state index contributed by atoms with van der Waals surface area (Å²) in [7, 11) is 0. The monoisotopic (exact) mass is 226 g/mol. The topological polar surface area (TPSA) is 36.4 Å². The number of aliphatic hydroxyl groups excluding tert-OH is 1. The molecule has 0 aromatic carbocycles. The number of hydrogen-bond acceptors (Lipinski definition) is 4. The Morgan fingerprint density at radius 3 is 3.13 bits per heavy atom. The zero-order valence-electron chi connectivity index (χ0n) is 9.09. The Hall–Kier alpha value is -0.450. The number of aliphatic hydroxyl groups is 1. The molecule has 1 saturated heterocycles. The second-order valence-corrected chi connectivity index (χ2v) is 5.31. The summed E-state index contributed by atoms with van der Waals surface area (Å²) >= 11 is 1.71. The third kappa shape index (κ3) is 2.77. The smallest absolute Gasteiger partial charge is 0.107 e. The molecule has 0 amide bonds. The van der Waals surface area contributed by atoms with Crippen LogP contribution in [0.1, 0.15) is 24.8 Å². The molecule has 1 aliphatic heterocycles. The molecule has 2 unspecified atom stereocenters. The lowest BCUT2D eigenvalue weighted by molar-refractivity contribution is 0.0771. The molecule has 1 fully saturated rings. The van der Waals surface area contributed by atoms with Crippen LogP contribution in [0.4, 0.5) is 0 Å². The van der Waals surface area contributed by atoms with Gasteiger partial charge in [0.15, 0.2) is 0 Å². The molecule has 4 heteroatoms. The summed E-state index contributed by atoms with van der Waals surface area (Å²) in [5.41, 5.74) is 0. The lowest BCUT2D eigenvalue weighted by Crippen LogP contribution is -2.42. The summed E-state index contributed by atoms with van der Waals surface area (Å²) in [6, 6.07) is 0.622. The van der Waals surface area contributed by atoms with Crippen molar-refractivity contribution in [3.63, 3.8) is 0 Å². The SMILES string of the molecule is CC1CCC(CO)CN1Cc1nccs1. The summed E-state index contributed by atoms with van der Waals surface area (Å²) in [6.07, 6.45) is 4.21. The van der Waals surface area contributed by atoms with E-state index < -0.39 is 0 Å². The summed E-state index contributed by atoms with van der Waals surface area (Å²) in [6.45, 7) is 4.54. The van der Waals surface area contributed by atoms with Crippen molar-refractivity contribution < 1.29 is 5.11 Å². The second kappa shape index (κ2) is 5.05. The zero-order valence-corrected chi connectivity index (χ0v) is 9.91. The lowest BCUT2D eigenvalue weighted by atomic mass is 9.94. The minimum absolute atomic E-state index is 0.321. The number of nitrogens with zero attached hydrogens (tertiary/aromatic N) is 2. The van der Waals surface area contributed by atoms with Gasteiger partial charge in [-0.3, -0.25) is 4.90 Å². The standard InChI is InChI=1S/C11H18N2OS/c1-9-2-3-10(8-14)6-13(9)7-11-12-4-5-15-11/h4-5,9-10,14H,2-3,6-8H2,1H3. The zero-order chi connectivity index (χ0) is 10.7. The molecule has 1 N–H and O–H groups in total. The van der Waals surface area contributed by atoms with Crippen LogP contribution in [-0.4, -0.2) is 34.2 Å². The van der Waals surface area contributed by atoms with Crippen LogP contribution in [-0.2, 0) is 6.54 Å². The van der Waals surface area contributed by atoms with Gasteiger partial charge in [0.2, 0.25) is 0 Å². The third-order valence-electron chi connectivity index (χ3n) is 3.19. The summed E-state index contributed by atoms with van der Waals surface area (Å²) < 4.78 is 0. The fourth-order valence-corrected chi connectivity index (χ4v) is 2.78. The quantitative estimate of drug-likeness (QED) is 0.853. The molecular weight excluding hydrogens is 208 g/mol. The Morgan fingerprint density at radius 1 is 1.60 bits per heavy atom. The predicted molar refractivity (Wildman–Crippen MR) is 61.8 cm³/mol. The maximum atomic E-state index is 9.18. The molecule has 2 heterocycles. The summed E-state index contributed by atoms with van der Waals surface area (Å²) in [5.74, 6) is 0.459. The lowest BCUT2D eigenvalue weighted by Gasteiger charge is -2.36. The first-order valence-corrected chi connectivity index (χ1v) is 6.41.